The molecule has 0 aromatic heterocycles. The Morgan fingerprint density at radius 3 is 1.86 bits per heavy atom. The van der Waals surface area contributed by atoms with Crippen molar-refractivity contribution in [1.82, 2.24) is 0 Å². The molecule has 8 heteroatoms. The molecule has 0 saturated heterocycles. The highest BCUT2D eigenvalue weighted by Gasteiger charge is 2.34. The number of oxime groups is 1. The third-order valence-electron chi connectivity index (χ3n) is 3.68. The summed E-state index contributed by atoms with van der Waals surface area (Å²) in [7, 11) is -3.95. The summed E-state index contributed by atoms with van der Waals surface area (Å²) >= 11 is 0. The van der Waals surface area contributed by atoms with Crippen molar-refractivity contribution in [1.29, 1.82) is 5.26 Å². The van der Waals surface area contributed by atoms with Crippen molar-refractivity contribution < 1.29 is 23.2 Å². The molecule has 0 bridgehead atoms. The van der Waals surface area contributed by atoms with Crippen molar-refractivity contribution in [2.24, 2.45) is 5.16 Å². The first-order valence-electron chi connectivity index (χ1n) is 8.74. The van der Waals surface area contributed by atoms with E-state index in [1.807, 2.05) is 12.1 Å². The minimum absolute atomic E-state index is 0.0442. The molecule has 0 aliphatic carbocycles. The maximum absolute atomic E-state index is 12.8. The lowest BCUT2D eigenvalue weighted by Gasteiger charge is -2.16. The molecule has 2 aromatic carbocycles. The van der Waals surface area contributed by atoms with Crippen LogP contribution in [0.4, 0.5) is 0 Å². The molecule has 0 aliphatic heterocycles. The van der Waals surface area contributed by atoms with Crippen LogP contribution >= 0.6 is 7.60 Å². The Hall–Kier alpha value is -2.78. The van der Waals surface area contributed by atoms with Crippen molar-refractivity contribution in [2.45, 2.75) is 19.8 Å². The molecule has 0 atom stereocenters. The zero-order valence-corrected chi connectivity index (χ0v) is 16.5. The number of carbonyl (C=O) groups excluding carboxylic acids is 1. The number of nitriles is 1. The van der Waals surface area contributed by atoms with Gasteiger partial charge in [-0.3, -0.25) is 4.57 Å². The summed E-state index contributed by atoms with van der Waals surface area (Å²) in [5, 5.41) is 12.8. The predicted molar refractivity (Wildman–Crippen MR) is 105 cm³/mol. The molecular formula is C20H21N2O5P. The Bertz CT molecular complexity index is 844. The van der Waals surface area contributed by atoms with Gasteiger partial charge in [0.1, 0.15) is 12.0 Å². The first-order valence-corrected chi connectivity index (χ1v) is 10.3. The average Bonchev–Trinajstić information content (AvgIpc) is 2.70. The van der Waals surface area contributed by atoms with E-state index in [-0.39, 0.29) is 13.2 Å². The van der Waals surface area contributed by atoms with Gasteiger partial charge in [0.2, 0.25) is 0 Å². The van der Waals surface area contributed by atoms with E-state index < -0.39 is 24.9 Å². The summed E-state index contributed by atoms with van der Waals surface area (Å²) < 4.78 is 22.8. The van der Waals surface area contributed by atoms with Gasteiger partial charge in [0.25, 0.3) is 5.45 Å². The fourth-order valence-corrected chi connectivity index (χ4v) is 3.79. The molecule has 146 valence electrons. The van der Waals surface area contributed by atoms with Crippen molar-refractivity contribution >= 4 is 19.0 Å². The maximum atomic E-state index is 12.8. The van der Waals surface area contributed by atoms with Crippen LogP contribution in [0, 0.1) is 11.3 Å². The standard InChI is InChI=1S/C20H21N2O5P/c1-3-25-28(24,26-4-2)18(15-21)22-27-20(23)19(16-11-7-5-8-12-16)17-13-9-6-10-14-17/h5-14,19H,3-4H2,1-2H3/b22-18-. The number of nitrogens with zero attached hydrogens (tertiary/aromatic N) is 2. The zero-order chi connectivity index (χ0) is 20.4. The third kappa shape index (κ3) is 5.37. The molecule has 0 aliphatic rings. The van der Waals surface area contributed by atoms with Crippen molar-refractivity contribution in [3.05, 3.63) is 71.8 Å². The van der Waals surface area contributed by atoms with E-state index in [1.54, 1.807) is 68.4 Å². The first kappa shape index (κ1) is 21.5. The van der Waals surface area contributed by atoms with Crippen LogP contribution in [0.15, 0.2) is 65.8 Å². The highest BCUT2D eigenvalue weighted by Crippen LogP contribution is 2.49. The molecule has 0 unspecified atom stereocenters. The van der Waals surface area contributed by atoms with E-state index in [9.17, 15) is 14.6 Å². The fraction of sp³-hybridized carbons (Fsp3) is 0.250. The van der Waals surface area contributed by atoms with Crippen LogP contribution in [-0.2, 0) is 23.2 Å². The van der Waals surface area contributed by atoms with Crippen LogP contribution in [0.1, 0.15) is 30.9 Å². The second-order valence-electron chi connectivity index (χ2n) is 5.52. The summed E-state index contributed by atoms with van der Waals surface area (Å²) in [5.74, 6) is -1.48. The summed E-state index contributed by atoms with van der Waals surface area (Å²) in [4.78, 5) is 17.8. The molecule has 0 saturated carbocycles. The molecule has 28 heavy (non-hydrogen) atoms. The van der Waals surface area contributed by atoms with Crippen LogP contribution in [0.25, 0.3) is 0 Å². The molecule has 2 aromatic rings. The SMILES string of the molecule is CCOP(=O)(OCC)/C(C#N)=N\OC(=O)C(c1ccccc1)c1ccccc1. The topological polar surface area (TPSA) is 98.0 Å². The Kier molecular flexibility index (Phi) is 8.09. The van der Waals surface area contributed by atoms with Gasteiger partial charge in [0.05, 0.1) is 13.2 Å². The second kappa shape index (κ2) is 10.5. The van der Waals surface area contributed by atoms with Gasteiger partial charge in [-0.2, -0.15) is 5.26 Å². The maximum Gasteiger partial charge on any atom is 0.393 e. The van der Waals surface area contributed by atoms with Gasteiger partial charge in [0, 0.05) is 0 Å². The Labute approximate surface area is 164 Å². The Morgan fingerprint density at radius 2 is 1.46 bits per heavy atom. The molecule has 0 N–H and O–H groups in total. The predicted octanol–water partition coefficient (Wildman–Crippen LogP) is 4.46. The normalized spacial score (nSPS) is 11.9. The molecule has 0 amide bonds. The number of hydrogen-bond donors (Lipinski definition) is 0. The molecule has 0 radical (unpaired) electrons. The van der Waals surface area contributed by atoms with Gasteiger partial charge in [-0.15, -0.1) is 0 Å². The van der Waals surface area contributed by atoms with E-state index in [2.05, 4.69) is 5.16 Å². The molecule has 2 rings (SSSR count). The lowest BCUT2D eigenvalue weighted by molar-refractivity contribution is -0.144. The van der Waals surface area contributed by atoms with Crippen LogP contribution in [0.5, 0.6) is 0 Å². The van der Waals surface area contributed by atoms with E-state index in [1.165, 1.54) is 0 Å². The molecular weight excluding hydrogens is 379 g/mol. The Balaban J connectivity index is 2.34. The van der Waals surface area contributed by atoms with Gasteiger partial charge < -0.3 is 13.9 Å². The molecule has 7 nitrogen and oxygen atoms in total. The van der Waals surface area contributed by atoms with Gasteiger partial charge >= 0.3 is 13.6 Å². The van der Waals surface area contributed by atoms with E-state index >= 15 is 0 Å². The van der Waals surface area contributed by atoms with Crippen molar-refractivity contribution in [3.63, 3.8) is 0 Å². The summed E-state index contributed by atoms with van der Waals surface area (Å²) in [5.41, 5.74) is 0.792. The lowest BCUT2D eigenvalue weighted by atomic mass is 9.91. The van der Waals surface area contributed by atoms with Crippen LogP contribution < -0.4 is 0 Å². The minimum Gasteiger partial charge on any atom is -0.316 e. The summed E-state index contributed by atoms with van der Waals surface area (Å²) in [6, 6.07) is 19.7. The van der Waals surface area contributed by atoms with Crippen LogP contribution in [-0.4, -0.2) is 24.6 Å². The molecule has 0 spiro atoms. The highest BCUT2D eigenvalue weighted by molar-refractivity contribution is 7.73. The van der Waals surface area contributed by atoms with Gasteiger partial charge in [-0.1, -0.05) is 65.8 Å². The van der Waals surface area contributed by atoms with Gasteiger partial charge in [0.15, 0.2) is 0 Å². The second-order valence-corrected chi connectivity index (χ2v) is 7.46. The Morgan fingerprint density at radius 1 is 1.00 bits per heavy atom. The summed E-state index contributed by atoms with van der Waals surface area (Å²) in [6.45, 7) is 3.30. The zero-order valence-electron chi connectivity index (χ0n) is 15.6. The monoisotopic (exact) mass is 400 g/mol. The number of rotatable bonds is 9. The quantitative estimate of drug-likeness (QED) is 0.267. The summed E-state index contributed by atoms with van der Waals surface area (Å²) in [6.07, 6.45) is 0. The number of benzene rings is 2. The van der Waals surface area contributed by atoms with Crippen LogP contribution in [0.2, 0.25) is 0 Å². The van der Waals surface area contributed by atoms with Crippen LogP contribution in [0.3, 0.4) is 0 Å². The molecule has 0 fully saturated rings. The smallest absolute Gasteiger partial charge is 0.316 e. The van der Waals surface area contributed by atoms with E-state index in [0.29, 0.717) is 11.1 Å². The highest BCUT2D eigenvalue weighted by atomic mass is 31.2. The third-order valence-corrected chi connectivity index (χ3v) is 5.58. The average molecular weight is 400 g/mol. The lowest BCUT2D eigenvalue weighted by Crippen LogP contribution is -2.16. The minimum atomic E-state index is -3.95. The first-order chi connectivity index (χ1) is 13.6. The van der Waals surface area contributed by atoms with Gasteiger partial charge in [-0.25, -0.2) is 4.79 Å². The van der Waals surface area contributed by atoms with Gasteiger partial charge in [-0.05, 0) is 25.0 Å². The van der Waals surface area contributed by atoms with E-state index in [4.69, 9.17) is 13.9 Å². The number of hydrogen-bond acceptors (Lipinski definition) is 7. The van der Waals surface area contributed by atoms with E-state index in [0.717, 1.165) is 0 Å². The fourth-order valence-electron chi connectivity index (χ4n) is 2.53. The largest absolute Gasteiger partial charge is 0.393 e. The van der Waals surface area contributed by atoms with Crippen molar-refractivity contribution in [2.75, 3.05) is 13.2 Å². The van der Waals surface area contributed by atoms with Crippen molar-refractivity contribution in [3.8, 4) is 6.07 Å². The number of carbonyl (C=O) groups is 1. The molecule has 0 heterocycles.